The van der Waals surface area contributed by atoms with E-state index in [1.165, 1.54) is 7.11 Å². The van der Waals surface area contributed by atoms with E-state index in [4.69, 9.17) is 10.00 Å². The van der Waals surface area contributed by atoms with Crippen molar-refractivity contribution in [2.75, 3.05) is 7.11 Å². The van der Waals surface area contributed by atoms with Gasteiger partial charge in [-0.3, -0.25) is 5.32 Å². The molecule has 3 heteroatoms. The fourth-order valence-electron chi connectivity index (χ4n) is 0.426. The first kappa shape index (κ1) is 7.83. The molecule has 9 heavy (non-hydrogen) atoms. The van der Waals surface area contributed by atoms with Crippen molar-refractivity contribution >= 4 is 0 Å². The van der Waals surface area contributed by atoms with Crippen molar-refractivity contribution in [3.05, 3.63) is 12.0 Å². The minimum absolute atomic E-state index is 0.514. The Balaban J connectivity index is 3.70. The number of methoxy groups -OCH3 is 1. The third-order valence-electron chi connectivity index (χ3n) is 0.789. The van der Waals surface area contributed by atoms with Gasteiger partial charge in [0.15, 0.2) is 12.1 Å². The Morgan fingerprint density at radius 3 is 2.89 bits per heavy atom. The molecule has 0 spiro atoms. The summed E-state index contributed by atoms with van der Waals surface area (Å²) in [5.74, 6) is 0.514. The van der Waals surface area contributed by atoms with E-state index in [2.05, 4.69) is 5.32 Å². The number of nitriles is 1. The summed E-state index contributed by atoms with van der Waals surface area (Å²) in [5.41, 5.74) is 0. The van der Waals surface area contributed by atoms with Crippen LogP contribution in [0.25, 0.3) is 0 Å². The first-order chi connectivity index (χ1) is 4.35. The Morgan fingerprint density at radius 2 is 2.56 bits per heavy atom. The summed E-state index contributed by atoms with van der Waals surface area (Å²) >= 11 is 0. The Kier molecular flexibility index (Phi) is 4.33. The van der Waals surface area contributed by atoms with Crippen molar-refractivity contribution in [1.29, 1.82) is 5.26 Å². The summed E-state index contributed by atoms with van der Waals surface area (Å²) in [6.07, 6.45) is 4.41. The Labute approximate surface area is 54.9 Å². The molecule has 0 heterocycles. The van der Waals surface area contributed by atoms with Crippen LogP contribution in [0.2, 0.25) is 0 Å². The molecule has 0 aromatic carbocycles. The van der Waals surface area contributed by atoms with E-state index in [0.29, 0.717) is 5.88 Å². The number of hydrogen-bond donors (Lipinski definition) is 1. The van der Waals surface area contributed by atoms with E-state index in [1.807, 2.05) is 6.92 Å². The van der Waals surface area contributed by atoms with Gasteiger partial charge >= 0.3 is 0 Å². The zero-order valence-electron chi connectivity index (χ0n) is 5.64. The smallest absolute Gasteiger partial charge is 0.195 e. The molecule has 3 nitrogen and oxygen atoms in total. The van der Waals surface area contributed by atoms with Crippen molar-refractivity contribution in [3.8, 4) is 6.19 Å². The molecule has 0 aliphatic rings. The fourth-order valence-corrected chi connectivity index (χ4v) is 0.426. The molecule has 0 fully saturated rings. The molecule has 0 amide bonds. The first-order valence-electron chi connectivity index (χ1n) is 2.74. The van der Waals surface area contributed by atoms with Crippen LogP contribution < -0.4 is 5.32 Å². The second kappa shape index (κ2) is 4.98. The van der Waals surface area contributed by atoms with Gasteiger partial charge in [-0.25, -0.2) is 0 Å². The molecular formula is C6H10N2O. The summed E-state index contributed by atoms with van der Waals surface area (Å²) in [6.45, 7) is 1.97. The number of nitrogens with one attached hydrogen (secondary N) is 1. The van der Waals surface area contributed by atoms with Crippen molar-refractivity contribution in [2.45, 2.75) is 13.3 Å². The van der Waals surface area contributed by atoms with Crippen LogP contribution in [-0.4, -0.2) is 7.11 Å². The zero-order chi connectivity index (χ0) is 7.11. The zero-order valence-corrected chi connectivity index (χ0v) is 5.64. The van der Waals surface area contributed by atoms with E-state index < -0.39 is 0 Å². The maximum Gasteiger partial charge on any atom is 0.195 e. The van der Waals surface area contributed by atoms with Crippen molar-refractivity contribution < 1.29 is 4.74 Å². The monoisotopic (exact) mass is 126 g/mol. The van der Waals surface area contributed by atoms with Crippen LogP contribution in [0.1, 0.15) is 13.3 Å². The largest absolute Gasteiger partial charge is 0.482 e. The SMILES string of the molecule is CCC=C(NC#N)OC. The van der Waals surface area contributed by atoms with Crippen LogP contribution >= 0.6 is 0 Å². The highest BCUT2D eigenvalue weighted by Gasteiger charge is 1.87. The predicted octanol–water partition coefficient (Wildman–Crippen LogP) is 0.955. The van der Waals surface area contributed by atoms with E-state index in [1.54, 1.807) is 12.3 Å². The van der Waals surface area contributed by atoms with E-state index in [9.17, 15) is 0 Å². The van der Waals surface area contributed by atoms with Crippen LogP contribution in [0.5, 0.6) is 0 Å². The maximum absolute atomic E-state index is 8.11. The summed E-state index contributed by atoms with van der Waals surface area (Å²) in [7, 11) is 1.52. The second-order valence-electron chi connectivity index (χ2n) is 1.42. The van der Waals surface area contributed by atoms with E-state index in [-0.39, 0.29) is 0 Å². The summed E-state index contributed by atoms with van der Waals surface area (Å²) in [4.78, 5) is 0. The van der Waals surface area contributed by atoms with Crippen LogP contribution in [0, 0.1) is 11.5 Å². The lowest BCUT2D eigenvalue weighted by molar-refractivity contribution is 0.272. The molecule has 0 saturated heterocycles. The molecule has 0 aromatic heterocycles. The highest BCUT2D eigenvalue weighted by Crippen LogP contribution is 1.90. The second-order valence-corrected chi connectivity index (χ2v) is 1.42. The minimum atomic E-state index is 0.514. The third-order valence-corrected chi connectivity index (χ3v) is 0.789. The summed E-state index contributed by atoms with van der Waals surface area (Å²) < 4.78 is 4.76. The average molecular weight is 126 g/mol. The highest BCUT2D eigenvalue weighted by atomic mass is 16.5. The lowest BCUT2D eigenvalue weighted by Crippen LogP contribution is -2.06. The molecule has 0 rings (SSSR count). The van der Waals surface area contributed by atoms with Gasteiger partial charge in [0.25, 0.3) is 0 Å². The van der Waals surface area contributed by atoms with Crippen molar-refractivity contribution in [1.82, 2.24) is 5.32 Å². The normalized spacial score (nSPS) is 10.1. The van der Waals surface area contributed by atoms with Crippen LogP contribution in [0.4, 0.5) is 0 Å². The van der Waals surface area contributed by atoms with E-state index in [0.717, 1.165) is 6.42 Å². The number of allylic oxidation sites excluding steroid dienone is 1. The molecule has 1 N–H and O–H groups in total. The molecule has 0 aliphatic heterocycles. The maximum atomic E-state index is 8.11. The quantitative estimate of drug-likeness (QED) is 0.348. The number of nitrogens with zero attached hydrogens (tertiary/aromatic N) is 1. The van der Waals surface area contributed by atoms with E-state index >= 15 is 0 Å². The van der Waals surface area contributed by atoms with Crippen LogP contribution in [0.15, 0.2) is 12.0 Å². The van der Waals surface area contributed by atoms with Gasteiger partial charge in [-0.05, 0) is 12.5 Å². The van der Waals surface area contributed by atoms with Crippen molar-refractivity contribution in [3.63, 3.8) is 0 Å². The van der Waals surface area contributed by atoms with Crippen molar-refractivity contribution in [2.24, 2.45) is 0 Å². The predicted molar refractivity (Wildman–Crippen MR) is 34.1 cm³/mol. The van der Waals surface area contributed by atoms with Gasteiger partial charge in [0, 0.05) is 0 Å². The molecule has 0 atom stereocenters. The standard InChI is InChI=1S/C6H10N2O/c1-3-4-6(9-2)8-5-7/h4,8H,3H2,1-2H3. The third kappa shape index (κ3) is 3.42. The molecule has 0 saturated carbocycles. The topological polar surface area (TPSA) is 45.0 Å². The lowest BCUT2D eigenvalue weighted by atomic mass is 10.4. The molecular weight excluding hydrogens is 116 g/mol. The van der Waals surface area contributed by atoms with Crippen LogP contribution in [-0.2, 0) is 4.74 Å². The Morgan fingerprint density at radius 1 is 1.89 bits per heavy atom. The molecule has 0 bridgehead atoms. The molecule has 0 radical (unpaired) electrons. The average Bonchev–Trinajstić information content (AvgIpc) is 1.88. The van der Waals surface area contributed by atoms with Gasteiger partial charge < -0.3 is 4.74 Å². The van der Waals surface area contributed by atoms with Gasteiger partial charge in [0.05, 0.1) is 7.11 Å². The highest BCUT2D eigenvalue weighted by molar-refractivity contribution is 4.94. The van der Waals surface area contributed by atoms with Crippen LogP contribution in [0.3, 0.4) is 0 Å². The summed E-state index contributed by atoms with van der Waals surface area (Å²) in [5, 5.41) is 10.5. The van der Waals surface area contributed by atoms with Gasteiger partial charge in [-0.15, -0.1) is 0 Å². The lowest BCUT2D eigenvalue weighted by Gasteiger charge is -1.99. The van der Waals surface area contributed by atoms with Gasteiger partial charge in [0.2, 0.25) is 0 Å². The molecule has 0 unspecified atom stereocenters. The summed E-state index contributed by atoms with van der Waals surface area (Å²) in [6, 6.07) is 0. The minimum Gasteiger partial charge on any atom is -0.482 e. The Bertz CT molecular complexity index is 134. The number of ether oxygens (including phenoxy) is 1. The molecule has 50 valence electrons. The number of hydrogen-bond acceptors (Lipinski definition) is 3. The van der Waals surface area contributed by atoms with Gasteiger partial charge in [-0.1, -0.05) is 6.92 Å². The molecule has 0 aliphatic carbocycles. The fraction of sp³-hybridized carbons (Fsp3) is 0.500. The first-order valence-corrected chi connectivity index (χ1v) is 2.74. The Hall–Kier alpha value is -1.17. The van der Waals surface area contributed by atoms with Gasteiger partial charge in [0.1, 0.15) is 0 Å². The number of rotatable bonds is 3. The molecule has 0 aromatic rings. The van der Waals surface area contributed by atoms with Gasteiger partial charge in [-0.2, -0.15) is 5.26 Å².